The van der Waals surface area contributed by atoms with Crippen LogP contribution in [0.5, 0.6) is 0 Å². The van der Waals surface area contributed by atoms with Crippen molar-refractivity contribution in [3.8, 4) is 0 Å². The van der Waals surface area contributed by atoms with Crippen molar-refractivity contribution in [2.75, 3.05) is 0 Å². The Balaban J connectivity index is 2.54. The zero-order valence-corrected chi connectivity index (χ0v) is 10.3. The zero-order valence-electron chi connectivity index (χ0n) is 10.3. The van der Waals surface area contributed by atoms with Gasteiger partial charge in [0, 0.05) is 17.2 Å². The number of halogens is 2. The largest absolute Gasteiger partial charge is 0.466 e. The molecule has 0 aliphatic rings. The van der Waals surface area contributed by atoms with E-state index >= 15 is 0 Å². The maximum atomic E-state index is 13.1. The number of carbonyl (C=O) groups is 1. The van der Waals surface area contributed by atoms with Gasteiger partial charge in [-0.25, -0.2) is 8.78 Å². The lowest BCUT2D eigenvalue weighted by atomic mass is 9.99. The summed E-state index contributed by atoms with van der Waals surface area (Å²) in [4.78, 5) is 12.2. The molecule has 0 aliphatic carbocycles. The Kier molecular flexibility index (Phi) is 3.03. The fourth-order valence-corrected chi connectivity index (χ4v) is 1.96. The lowest BCUT2D eigenvalue weighted by Gasteiger charge is -2.02. The first-order valence-electron chi connectivity index (χ1n) is 5.47. The van der Waals surface area contributed by atoms with E-state index < -0.39 is 17.4 Å². The third kappa shape index (κ3) is 2.06. The standard InChI is InChI=1S/C14H12F2O2/c1-7-8(2)18-9(3)13(7)14(17)10-4-11(15)6-12(16)5-10/h4-6H,1-3H3. The predicted molar refractivity (Wildman–Crippen MR) is 62.7 cm³/mol. The number of ketones is 1. The minimum atomic E-state index is -0.770. The maximum Gasteiger partial charge on any atom is 0.197 e. The van der Waals surface area contributed by atoms with E-state index in [1.54, 1.807) is 20.8 Å². The van der Waals surface area contributed by atoms with Crippen LogP contribution in [0.4, 0.5) is 8.78 Å². The molecule has 0 N–H and O–H groups in total. The van der Waals surface area contributed by atoms with Crippen LogP contribution < -0.4 is 0 Å². The molecular weight excluding hydrogens is 238 g/mol. The van der Waals surface area contributed by atoms with Gasteiger partial charge in [-0.3, -0.25) is 4.79 Å². The summed E-state index contributed by atoms with van der Waals surface area (Å²) in [7, 11) is 0. The number of hydrogen-bond donors (Lipinski definition) is 0. The number of furan rings is 1. The predicted octanol–water partition coefficient (Wildman–Crippen LogP) is 3.71. The van der Waals surface area contributed by atoms with Gasteiger partial charge < -0.3 is 4.42 Å². The van der Waals surface area contributed by atoms with Gasteiger partial charge in [0.15, 0.2) is 5.78 Å². The topological polar surface area (TPSA) is 30.2 Å². The summed E-state index contributed by atoms with van der Waals surface area (Å²) < 4.78 is 31.5. The fraction of sp³-hybridized carbons (Fsp3) is 0.214. The van der Waals surface area contributed by atoms with Crippen molar-refractivity contribution in [3.05, 3.63) is 58.0 Å². The van der Waals surface area contributed by atoms with Crippen molar-refractivity contribution >= 4 is 5.78 Å². The van der Waals surface area contributed by atoms with Gasteiger partial charge >= 0.3 is 0 Å². The van der Waals surface area contributed by atoms with Crippen LogP contribution in [0.25, 0.3) is 0 Å². The molecule has 0 saturated carbocycles. The van der Waals surface area contributed by atoms with E-state index in [1.807, 2.05) is 0 Å². The van der Waals surface area contributed by atoms with Crippen LogP contribution in [0, 0.1) is 32.4 Å². The summed E-state index contributed by atoms with van der Waals surface area (Å²) in [6.45, 7) is 5.14. The summed E-state index contributed by atoms with van der Waals surface area (Å²) >= 11 is 0. The van der Waals surface area contributed by atoms with Gasteiger partial charge in [0.25, 0.3) is 0 Å². The second kappa shape index (κ2) is 4.37. The minimum Gasteiger partial charge on any atom is -0.466 e. The second-order valence-corrected chi connectivity index (χ2v) is 4.20. The monoisotopic (exact) mass is 250 g/mol. The first-order chi connectivity index (χ1) is 8.40. The van der Waals surface area contributed by atoms with Gasteiger partial charge in [0.1, 0.15) is 23.2 Å². The summed E-state index contributed by atoms with van der Waals surface area (Å²) in [5.41, 5.74) is 1.05. The highest BCUT2D eigenvalue weighted by atomic mass is 19.1. The molecule has 0 saturated heterocycles. The lowest BCUT2D eigenvalue weighted by Crippen LogP contribution is -2.05. The van der Waals surface area contributed by atoms with E-state index in [2.05, 4.69) is 0 Å². The second-order valence-electron chi connectivity index (χ2n) is 4.20. The molecule has 0 bridgehead atoms. The summed E-state index contributed by atoms with van der Waals surface area (Å²) in [6.07, 6.45) is 0. The summed E-state index contributed by atoms with van der Waals surface area (Å²) in [5.74, 6) is -0.879. The average molecular weight is 250 g/mol. The third-order valence-electron chi connectivity index (χ3n) is 2.91. The highest BCUT2D eigenvalue weighted by Gasteiger charge is 2.20. The molecule has 1 heterocycles. The molecule has 0 fully saturated rings. The summed E-state index contributed by atoms with van der Waals surface area (Å²) in [6, 6.07) is 2.77. The Morgan fingerprint density at radius 1 is 1.00 bits per heavy atom. The van der Waals surface area contributed by atoms with Gasteiger partial charge in [-0.2, -0.15) is 0 Å². The Morgan fingerprint density at radius 3 is 2.00 bits per heavy atom. The van der Waals surface area contributed by atoms with Crippen LogP contribution >= 0.6 is 0 Å². The van der Waals surface area contributed by atoms with Gasteiger partial charge in [0.05, 0.1) is 5.56 Å². The van der Waals surface area contributed by atoms with Crippen LogP contribution in [0.3, 0.4) is 0 Å². The van der Waals surface area contributed by atoms with Crippen molar-refractivity contribution in [3.63, 3.8) is 0 Å². The first kappa shape index (κ1) is 12.5. The van der Waals surface area contributed by atoms with Crippen LogP contribution in [-0.4, -0.2) is 5.78 Å². The van der Waals surface area contributed by atoms with Gasteiger partial charge in [0.2, 0.25) is 0 Å². The number of rotatable bonds is 2. The number of benzene rings is 1. The molecule has 1 aromatic heterocycles. The SMILES string of the molecule is Cc1oc(C)c(C(=O)c2cc(F)cc(F)c2)c1C. The van der Waals surface area contributed by atoms with E-state index in [-0.39, 0.29) is 5.56 Å². The Morgan fingerprint density at radius 2 is 1.56 bits per heavy atom. The highest BCUT2D eigenvalue weighted by Crippen LogP contribution is 2.24. The molecule has 18 heavy (non-hydrogen) atoms. The number of aryl methyl sites for hydroxylation is 2. The Labute approximate surface area is 103 Å². The Bertz CT molecular complexity index is 607. The molecule has 2 nitrogen and oxygen atoms in total. The van der Waals surface area contributed by atoms with Crippen LogP contribution in [0.2, 0.25) is 0 Å². The fourth-order valence-electron chi connectivity index (χ4n) is 1.96. The molecule has 4 heteroatoms. The van der Waals surface area contributed by atoms with Crippen molar-refractivity contribution in [1.82, 2.24) is 0 Å². The van der Waals surface area contributed by atoms with E-state index in [0.29, 0.717) is 22.6 Å². The van der Waals surface area contributed by atoms with E-state index in [9.17, 15) is 13.6 Å². The number of hydrogen-bond acceptors (Lipinski definition) is 2. The van der Waals surface area contributed by atoms with Gasteiger partial charge in [-0.05, 0) is 32.9 Å². The van der Waals surface area contributed by atoms with E-state index in [0.717, 1.165) is 18.2 Å². The molecule has 1 aromatic carbocycles. The maximum absolute atomic E-state index is 13.1. The molecule has 2 rings (SSSR count). The first-order valence-corrected chi connectivity index (χ1v) is 5.47. The summed E-state index contributed by atoms with van der Waals surface area (Å²) in [5, 5.41) is 0. The molecular formula is C14H12F2O2. The van der Waals surface area contributed by atoms with Crippen LogP contribution in [0.1, 0.15) is 33.0 Å². The molecule has 0 unspecified atom stereocenters. The average Bonchev–Trinajstić information content (AvgIpc) is 2.51. The number of carbonyl (C=O) groups excluding carboxylic acids is 1. The molecule has 2 aromatic rings. The smallest absolute Gasteiger partial charge is 0.197 e. The van der Waals surface area contributed by atoms with Crippen LogP contribution in [0.15, 0.2) is 22.6 Å². The lowest BCUT2D eigenvalue weighted by molar-refractivity contribution is 0.103. The van der Waals surface area contributed by atoms with Crippen LogP contribution in [-0.2, 0) is 0 Å². The molecule has 0 aliphatic heterocycles. The van der Waals surface area contributed by atoms with E-state index in [4.69, 9.17) is 4.42 Å². The van der Waals surface area contributed by atoms with Crippen molar-refractivity contribution in [1.29, 1.82) is 0 Å². The van der Waals surface area contributed by atoms with Gasteiger partial charge in [-0.15, -0.1) is 0 Å². The quantitative estimate of drug-likeness (QED) is 0.760. The molecule has 0 atom stereocenters. The highest BCUT2D eigenvalue weighted by molar-refractivity contribution is 6.10. The minimum absolute atomic E-state index is 0.0144. The third-order valence-corrected chi connectivity index (χ3v) is 2.91. The molecule has 0 radical (unpaired) electrons. The van der Waals surface area contributed by atoms with E-state index in [1.165, 1.54) is 0 Å². The van der Waals surface area contributed by atoms with Crippen molar-refractivity contribution in [2.45, 2.75) is 20.8 Å². The Hall–Kier alpha value is -1.97. The molecule has 0 spiro atoms. The normalized spacial score (nSPS) is 10.7. The van der Waals surface area contributed by atoms with Gasteiger partial charge in [-0.1, -0.05) is 0 Å². The molecule has 0 amide bonds. The molecule has 94 valence electrons. The zero-order chi connectivity index (χ0) is 13.4. The van der Waals surface area contributed by atoms with Crippen molar-refractivity contribution in [2.24, 2.45) is 0 Å². The van der Waals surface area contributed by atoms with Crippen molar-refractivity contribution < 1.29 is 18.0 Å².